The van der Waals surface area contributed by atoms with Crippen LogP contribution in [0.4, 0.5) is 0 Å². The number of benzene rings is 1. The fourth-order valence-electron chi connectivity index (χ4n) is 2.27. The molecule has 0 aliphatic carbocycles. The van der Waals surface area contributed by atoms with Crippen molar-refractivity contribution < 1.29 is 4.74 Å². The SMILES string of the molecule is CCCCCCCNCc1ccccc1OCCC(C)C. The molecule has 0 spiro atoms. The molecule has 120 valence electrons. The summed E-state index contributed by atoms with van der Waals surface area (Å²) in [6, 6.07) is 8.39. The number of rotatable bonds is 12. The average Bonchev–Trinajstić information content (AvgIpc) is 2.47. The van der Waals surface area contributed by atoms with Gasteiger partial charge in [-0.2, -0.15) is 0 Å². The Morgan fingerprint density at radius 3 is 2.57 bits per heavy atom. The van der Waals surface area contributed by atoms with Gasteiger partial charge in [-0.1, -0.05) is 64.7 Å². The van der Waals surface area contributed by atoms with Crippen LogP contribution in [-0.2, 0) is 6.54 Å². The quantitative estimate of drug-likeness (QED) is 0.536. The normalized spacial score (nSPS) is 11.0. The lowest BCUT2D eigenvalue weighted by Crippen LogP contribution is -2.15. The number of nitrogens with one attached hydrogen (secondary N) is 1. The Balaban J connectivity index is 2.24. The molecule has 0 heterocycles. The second-order valence-corrected chi connectivity index (χ2v) is 6.23. The van der Waals surface area contributed by atoms with E-state index in [-0.39, 0.29) is 0 Å². The Bertz CT molecular complexity index is 362. The van der Waals surface area contributed by atoms with Gasteiger partial charge >= 0.3 is 0 Å². The Morgan fingerprint density at radius 2 is 1.81 bits per heavy atom. The van der Waals surface area contributed by atoms with Gasteiger partial charge in [0.2, 0.25) is 0 Å². The van der Waals surface area contributed by atoms with Gasteiger partial charge in [0.15, 0.2) is 0 Å². The van der Waals surface area contributed by atoms with Crippen molar-refractivity contribution in [1.82, 2.24) is 5.32 Å². The molecule has 0 saturated heterocycles. The third kappa shape index (κ3) is 8.77. The lowest BCUT2D eigenvalue weighted by molar-refractivity contribution is 0.286. The predicted octanol–water partition coefficient (Wildman–Crippen LogP) is 5.17. The van der Waals surface area contributed by atoms with Gasteiger partial charge in [0.25, 0.3) is 0 Å². The van der Waals surface area contributed by atoms with E-state index in [0.717, 1.165) is 31.9 Å². The van der Waals surface area contributed by atoms with E-state index in [2.05, 4.69) is 50.4 Å². The molecule has 0 aromatic heterocycles. The van der Waals surface area contributed by atoms with Gasteiger partial charge in [0, 0.05) is 12.1 Å². The largest absolute Gasteiger partial charge is 0.493 e. The van der Waals surface area contributed by atoms with Crippen LogP contribution in [0, 0.1) is 5.92 Å². The van der Waals surface area contributed by atoms with Crippen LogP contribution in [0.2, 0.25) is 0 Å². The smallest absolute Gasteiger partial charge is 0.123 e. The molecule has 0 atom stereocenters. The highest BCUT2D eigenvalue weighted by molar-refractivity contribution is 5.33. The van der Waals surface area contributed by atoms with Crippen molar-refractivity contribution in [3.05, 3.63) is 29.8 Å². The third-order valence-corrected chi connectivity index (χ3v) is 3.70. The zero-order valence-electron chi connectivity index (χ0n) is 14.2. The van der Waals surface area contributed by atoms with Crippen LogP contribution in [0.5, 0.6) is 5.75 Å². The van der Waals surface area contributed by atoms with E-state index in [4.69, 9.17) is 4.74 Å². The van der Waals surface area contributed by atoms with Gasteiger partial charge in [-0.05, 0) is 31.4 Å². The average molecular weight is 291 g/mol. The summed E-state index contributed by atoms with van der Waals surface area (Å²) >= 11 is 0. The molecule has 0 saturated carbocycles. The highest BCUT2D eigenvalue weighted by Gasteiger charge is 2.03. The van der Waals surface area contributed by atoms with E-state index < -0.39 is 0 Å². The topological polar surface area (TPSA) is 21.3 Å². The molecular weight excluding hydrogens is 258 g/mol. The molecule has 0 aliphatic rings. The van der Waals surface area contributed by atoms with Crippen LogP contribution in [0.1, 0.15) is 64.9 Å². The summed E-state index contributed by atoms with van der Waals surface area (Å²) in [5.41, 5.74) is 1.27. The zero-order valence-corrected chi connectivity index (χ0v) is 14.2. The molecule has 2 nitrogen and oxygen atoms in total. The summed E-state index contributed by atoms with van der Waals surface area (Å²) in [5.74, 6) is 1.73. The van der Waals surface area contributed by atoms with E-state index >= 15 is 0 Å². The number of ether oxygens (including phenoxy) is 1. The van der Waals surface area contributed by atoms with E-state index in [1.807, 2.05) is 0 Å². The standard InChI is InChI=1S/C19H33NO/c1-4-5-6-7-10-14-20-16-18-11-8-9-12-19(18)21-15-13-17(2)3/h8-9,11-12,17,20H,4-7,10,13-16H2,1-3H3. The summed E-state index contributed by atoms with van der Waals surface area (Å²) in [4.78, 5) is 0. The van der Waals surface area contributed by atoms with Crippen molar-refractivity contribution in [3.8, 4) is 5.75 Å². The minimum Gasteiger partial charge on any atom is -0.493 e. The van der Waals surface area contributed by atoms with Crippen LogP contribution in [0.3, 0.4) is 0 Å². The molecule has 0 radical (unpaired) electrons. The molecule has 2 heteroatoms. The van der Waals surface area contributed by atoms with Gasteiger partial charge in [0.1, 0.15) is 5.75 Å². The molecule has 1 rings (SSSR count). The minimum absolute atomic E-state index is 0.693. The van der Waals surface area contributed by atoms with Gasteiger partial charge in [-0.3, -0.25) is 0 Å². The predicted molar refractivity (Wildman–Crippen MR) is 91.9 cm³/mol. The Morgan fingerprint density at radius 1 is 1.05 bits per heavy atom. The van der Waals surface area contributed by atoms with Gasteiger partial charge in [-0.15, -0.1) is 0 Å². The first-order chi connectivity index (χ1) is 10.2. The first-order valence-electron chi connectivity index (χ1n) is 8.65. The molecule has 1 aromatic rings. The lowest BCUT2D eigenvalue weighted by atomic mass is 10.1. The molecule has 0 fully saturated rings. The number of hydrogen-bond acceptors (Lipinski definition) is 2. The van der Waals surface area contributed by atoms with Crippen molar-refractivity contribution in [2.75, 3.05) is 13.2 Å². The third-order valence-electron chi connectivity index (χ3n) is 3.70. The summed E-state index contributed by atoms with van der Waals surface area (Å²) < 4.78 is 5.92. The van der Waals surface area contributed by atoms with Crippen molar-refractivity contribution in [2.24, 2.45) is 5.92 Å². The molecular formula is C19H33NO. The summed E-state index contributed by atoms with van der Waals surface area (Å²) in [7, 11) is 0. The molecule has 0 amide bonds. The number of unbranched alkanes of at least 4 members (excludes halogenated alkanes) is 4. The molecule has 0 bridgehead atoms. The van der Waals surface area contributed by atoms with Crippen molar-refractivity contribution in [1.29, 1.82) is 0 Å². The summed E-state index contributed by atoms with van der Waals surface area (Å²) in [5, 5.41) is 3.54. The fourth-order valence-corrected chi connectivity index (χ4v) is 2.27. The Labute approximate surface area is 131 Å². The van der Waals surface area contributed by atoms with E-state index in [1.165, 1.54) is 37.7 Å². The second kappa shape index (κ2) is 11.6. The fraction of sp³-hybridized carbons (Fsp3) is 0.684. The van der Waals surface area contributed by atoms with Crippen LogP contribution in [0.25, 0.3) is 0 Å². The first kappa shape index (κ1) is 18.0. The minimum atomic E-state index is 0.693. The monoisotopic (exact) mass is 291 g/mol. The van der Waals surface area contributed by atoms with Gasteiger partial charge in [0.05, 0.1) is 6.61 Å². The van der Waals surface area contributed by atoms with Crippen LogP contribution < -0.4 is 10.1 Å². The van der Waals surface area contributed by atoms with E-state index in [9.17, 15) is 0 Å². The van der Waals surface area contributed by atoms with E-state index in [1.54, 1.807) is 0 Å². The van der Waals surface area contributed by atoms with Gasteiger partial charge in [-0.25, -0.2) is 0 Å². The summed E-state index contributed by atoms with van der Waals surface area (Å²) in [6.07, 6.45) is 7.77. The van der Waals surface area contributed by atoms with E-state index in [0.29, 0.717) is 5.92 Å². The molecule has 0 unspecified atom stereocenters. The Hall–Kier alpha value is -1.02. The zero-order chi connectivity index (χ0) is 15.3. The maximum atomic E-state index is 5.92. The molecule has 1 aromatic carbocycles. The molecule has 1 N–H and O–H groups in total. The molecule has 0 aliphatic heterocycles. The van der Waals surface area contributed by atoms with Crippen LogP contribution >= 0.6 is 0 Å². The van der Waals surface area contributed by atoms with Crippen LogP contribution in [-0.4, -0.2) is 13.2 Å². The number of hydrogen-bond donors (Lipinski definition) is 1. The van der Waals surface area contributed by atoms with Crippen LogP contribution in [0.15, 0.2) is 24.3 Å². The van der Waals surface area contributed by atoms with Crippen molar-refractivity contribution in [2.45, 2.75) is 65.8 Å². The summed E-state index contributed by atoms with van der Waals surface area (Å²) in [6.45, 7) is 9.54. The van der Waals surface area contributed by atoms with Gasteiger partial charge < -0.3 is 10.1 Å². The highest BCUT2D eigenvalue weighted by atomic mass is 16.5. The Kier molecular flexibility index (Phi) is 9.98. The first-order valence-corrected chi connectivity index (χ1v) is 8.65. The maximum absolute atomic E-state index is 5.92. The van der Waals surface area contributed by atoms with Crippen molar-refractivity contribution in [3.63, 3.8) is 0 Å². The maximum Gasteiger partial charge on any atom is 0.123 e. The molecule has 21 heavy (non-hydrogen) atoms. The lowest BCUT2D eigenvalue weighted by Gasteiger charge is -2.13. The second-order valence-electron chi connectivity index (χ2n) is 6.23. The van der Waals surface area contributed by atoms with Crippen molar-refractivity contribution >= 4 is 0 Å². The number of para-hydroxylation sites is 1. The highest BCUT2D eigenvalue weighted by Crippen LogP contribution is 2.18.